The quantitative estimate of drug-likeness (QED) is 0.605. The van der Waals surface area contributed by atoms with Gasteiger partial charge in [0, 0.05) is 12.6 Å². The van der Waals surface area contributed by atoms with Gasteiger partial charge < -0.3 is 5.32 Å². The summed E-state index contributed by atoms with van der Waals surface area (Å²) in [6, 6.07) is 0.864. The van der Waals surface area contributed by atoms with Crippen molar-refractivity contribution >= 4 is 11.8 Å². The van der Waals surface area contributed by atoms with Gasteiger partial charge in [-0.15, -0.1) is 0 Å². The first-order valence-electron chi connectivity index (χ1n) is 6.48. The summed E-state index contributed by atoms with van der Waals surface area (Å²) in [5.74, 6) is 1.32. The van der Waals surface area contributed by atoms with Crippen molar-refractivity contribution < 1.29 is 0 Å². The molecule has 1 rings (SSSR count). The van der Waals surface area contributed by atoms with E-state index in [1.165, 1.54) is 50.8 Å². The molecular weight excluding hydrogens is 202 g/mol. The third kappa shape index (κ3) is 4.78. The smallest absolute Gasteiger partial charge is 0.00684 e. The Morgan fingerprint density at radius 3 is 2.40 bits per heavy atom. The van der Waals surface area contributed by atoms with E-state index in [1.54, 1.807) is 0 Å². The third-order valence-electron chi connectivity index (χ3n) is 3.90. The SMILES string of the molecule is CCC(CC)(CCCSC)CNC1CC1. The van der Waals surface area contributed by atoms with Crippen LogP contribution in [0.3, 0.4) is 0 Å². The summed E-state index contributed by atoms with van der Waals surface area (Å²) in [5, 5.41) is 3.72. The zero-order valence-electron chi connectivity index (χ0n) is 10.6. The van der Waals surface area contributed by atoms with Crippen LogP contribution in [0.5, 0.6) is 0 Å². The van der Waals surface area contributed by atoms with Crippen LogP contribution < -0.4 is 5.32 Å². The van der Waals surface area contributed by atoms with E-state index in [0.717, 1.165) is 6.04 Å². The second-order valence-electron chi connectivity index (χ2n) is 4.96. The number of hydrogen-bond acceptors (Lipinski definition) is 2. The molecule has 0 aromatic rings. The van der Waals surface area contributed by atoms with E-state index in [1.807, 2.05) is 11.8 Å². The highest BCUT2D eigenvalue weighted by atomic mass is 32.2. The highest BCUT2D eigenvalue weighted by molar-refractivity contribution is 7.98. The minimum absolute atomic E-state index is 0.582. The zero-order valence-corrected chi connectivity index (χ0v) is 11.5. The van der Waals surface area contributed by atoms with E-state index in [2.05, 4.69) is 25.4 Å². The van der Waals surface area contributed by atoms with Crippen LogP contribution in [0.15, 0.2) is 0 Å². The molecule has 0 aliphatic heterocycles. The van der Waals surface area contributed by atoms with E-state index in [9.17, 15) is 0 Å². The third-order valence-corrected chi connectivity index (χ3v) is 4.60. The van der Waals surface area contributed by atoms with Crippen LogP contribution in [0, 0.1) is 5.41 Å². The Balaban J connectivity index is 2.28. The van der Waals surface area contributed by atoms with Crippen molar-refractivity contribution in [1.82, 2.24) is 5.32 Å². The van der Waals surface area contributed by atoms with Crippen LogP contribution in [0.2, 0.25) is 0 Å². The zero-order chi connectivity index (χ0) is 11.1. The molecule has 0 heterocycles. The molecule has 1 aliphatic carbocycles. The summed E-state index contributed by atoms with van der Waals surface area (Å²) in [6.07, 6.45) is 10.5. The van der Waals surface area contributed by atoms with Gasteiger partial charge in [-0.05, 0) is 55.9 Å². The Labute approximate surface area is 99.8 Å². The van der Waals surface area contributed by atoms with Crippen LogP contribution in [0.25, 0.3) is 0 Å². The lowest BCUT2D eigenvalue weighted by Gasteiger charge is -2.32. The monoisotopic (exact) mass is 229 g/mol. The lowest BCUT2D eigenvalue weighted by molar-refractivity contribution is 0.225. The summed E-state index contributed by atoms with van der Waals surface area (Å²) in [4.78, 5) is 0. The lowest BCUT2D eigenvalue weighted by atomic mass is 9.78. The minimum Gasteiger partial charge on any atom is -0.313 e. The van der Waals surface area contributed by atoms with E-state index in [0.29, 0.717) is 5.41 Å². The summed E-state index contributed by atoms with van der Waals surface area (Å²) in [6.45, 7) is 5.97. The van der Waals surface area contributed by atoms with Crippen molar-refractivity contribution in [2.24, 2.45) is 5.41 Å². The topological polar surface area (TPSA) is 12.0 Å². The largest absolute Gasteiger partial charge is 0.313 e. The van der Waals surface area contributed by atoms with E-state index in [4.69, 9.17) is 0 Å². The van der Waals surface area contributed by atoms with Gasteiger partial charge in [-0.1, -0.05) is 13.8 Å². The van der Waals surface area contributed by atoms with Gasteiger partial charge >= 0.3 is 0 Å². The summed E-state index contributed by atoms with van der Waals surface area (Å²) >= 11 is 1.98. The predicted octanol–water partition coefficient (Wildman–Crippen LogP) is 3.69. The summed E-state index contributed by atoms with van der Waals surface area (Å²) in [5.41, 5.74) is 0.582. The molecule has 0 radical (unpaired) electrons. The molecule has 0 aromatic carbocycles. The molecule has 2 heteroatoms. The summed E-state index contributed by atoms with van der Waals surface area (Å²) < 4.78 is 0. The van der Waals surface area contributed by atoms with Crippen LogP contribution in [-0.4, -0.2) is 24.6 Å². The molecule has 15 heavy (non-hydrogen) atoms. The predicted molar refractivity (Wildman–Crippen MR) is 71.7 cm³/mol. The second kappa shape index (κ2) is 6.80. The van der Waals surface area contributed by atoms with E-state index < -0.39 is 0 Å². The highest BCUT2D eigenvalue weighted by Gasteiger charge is 2.29. The maximum absolute atomic E-state index is 3.72. The van der Waals surface area contributed by atoms with Gasteiger partial charge in [0.25, 0.3) is 0 Å². The Morgan fingerprint density at radius 2 is 1.93 bits per heavy atom. The highest BCUT2D eigenvalue weighted by Crippen LogP contribution is 2.33. The molecule has 1 N–H and O–H groups in total. The molecule has 1 nitrogen and oxygen atoms in total. The molecule has 0 bridgehead atoms. The van der Waals surface area contributed by atoms with E-state index >= 15 is 0 Å². The average Bonchev–Trinajstić information content (AvgIpc) is 3.08. The first kappa shape index (κ1) is 13.4. The molecule has 90 valence electrons. The van der Waals surface area contributed by atoms with Crippen molar-refractivity contribution in [2.75, 3.05) is 18.6 Å². The van der Waals surface area contributed by atoms with Gasteiger partial charge in [-0.25, -0.2) is 0 Å². The van der Waals surface area contributed by atoms with Crippen molar-refractivity contribution in [1.29, 1.82) is 0 Å². The first-order chi connectivity index (χ1) is 7.26. The van der Waals surface area contributed by atoms with Crippen molar-refractivity contribution in [3.63, 3.8) is 0 Å². The van der Waals surface area contributed by atoms with Gasteiger partial charge in [0.1, 0.15) is 0 Å². The molecule has 0 unspecified atom stereocenters. The van der Waals surface area contributed by atoms with Gasteiger partial charge in [-0.3, -0.25) is 0 Å². The Hall–Kier alpha value is 0.310. The minimum atomic E-state index is 0.582. The van der Waals surface area contributed by atoms with Gasteiger partial charge in [0.05, 0.1) is 0 Å². The standard InChI is InChI=1S/C13H27NS/c1-4-13(5-2,9-6-10-15-3)11-14-12-7-8-12/h12,14H,4-11H2,1-3H3. The molecule has 0 saturated heterocycles. The Bertz CT molecular complexity index is 162. The average molecular weight is 229 g/mol. The van der Waals surface area contributed by atoms with Gasteiger partial charge in [-0.2, -0.15) is 11.8 Å². The van der Waals surface area contributed by atoms with Crippen LogP contribution in [0.1, 0.15) is 52.4 Å². The number of rotatable bonds is 9. The Kier molecular flexibility index (Phi) is 6.06. The van der Waals surface area contributed by atoms with Crippen molar-refractivity contribution in [2.45, 2.75) is 58.4 Å². The number of thioether (sulfide) groups is 1. The number of nitrogens with one attached hydrogen (secondary N) is 1. The van der Waals surface area contributed by atoms with E-state index in [-0.39, 0.29) is 0 Å². The fourth-order valence-corrected chi connectivity index (χ4v) is 2.61. The van der Waals surface area contributed by atoms with Crippen molar-refractivity contribution in [3.05, 3.63) is 0 Å². The molecule has 0 aromatic heterocycles. The molecule has 1 fully saturated rings. The normalized spacial score (nSPS) is 17.0. The fourth-order valence-electron chi connectivity index (χ4n) is 2.18. The fraction of sp³-hybridized carbons (Fsp3) is 1.00. The first-order valence-corrected chi connectivity index (χ1v) is 7.88. The summed E-state index contributed by atoms with van der Waals surface area (Å²) in [7, 11) is 0. The molecule has 1 saturated carbocycles. The second-order valence-corrected chi connectivity index (χ2v) is 5.94. The molecule has 0 spiro atoms. The van der Waals surface area contributed by atoms with Crippen LogP contribution in [0.4, 0.5) is 0 Å². The molecule has 1 aliphatic rings. The molecular formula is C13H27NS. The Morgan fingerprint density at radius 1 is 1.27 bits per heavy atom. The number of hydrogen-bond donors (Lipinski definition) is 1. The lowest BCUT2D eigenvalue weighted by Crippen LogP contribution is -2.34. The van der Waals surface area contributed by atoms with Crippen LogP contribution >= 0.6 is 11.8 Å². The maximum Gasteiger partial charge on any atom is 0.00684 e. The molecule has 0 atom stereocenters. The molecule has 0 amide bonds. The van der Waals surface area contributed by atoms with Gasteiger partial charge in [0.15, 0.2) is 0 Å². The van der Waals surface area contributed by atoms with Gasteiger partial charge in [0.2, 0.25) is 0 Å². The van der Waals surface area contributed by atoms with Crippen LogP contribution in [-0.2, 0) is 0 Å². The van der Waals surface area contributed by atoms with Crippen molar-refractivity contribution in [3.8, 4) is 0 Å². The maximum atomic E-state index is 3.72.